The maximum atomic E-state index is 12.8. The van der Waals surface area contributed by atoms with Crippen LogP contribution in [-0.4, -0.2) is 16.4 Å². The van der Waals surface area contributed by atoms with Crippen molar-refractivity contribution in [1.29, 1.82) is 0 Å². The molecule has 1 N–H and O–H groups in total. The lowest BCUT2D eigenvalue weighted by Crippen LogP contribution is -2.40. The molecule has 0 aliphatic heterocycles. The van der Waals surface area contributed by atoms with E-state index in [-0.39, 0.29) is 11.4 Å². The van der Waals surface area contributed by atoms with Gasteiger partial charge in [0.25, 0.3) is 5.91 Å². The van der Waals surface area contributed by atoms with Crippen molar-refractivity contribution < 1.29 is 4.79 Å². The lowest BCUT2D eigenvalue weighted by Gasteiger charge is -2.21. The number of nitrogens with zero attached hydrogens (tertiary/aromatic N) is 1. The highest BCUT2D eigenvalue weighted by Gasteiger charge is 2.19. The van der Waals surface area contributed by atoms with E-state index >= 15 is 0 Å². The number of amides is 1. The molecular formula is C20H18Cl2N2O. The fraction of sp³-hybridized carbons (Fsp3) is 0.200. The summed E-state index contributed by atoms with van der Waals surface area (Å²) in [7, 11) is 0. The highest BCUT2D eigenvalue weighted by Crippen LogP contribution is 2.30. The molecule has 0 aliphatic rings. The minimum atomic E-state index is -0.328. The Hall–Kier alpha value is -2.10. The number of halogens is 2. The van der Waals surface area contributed by atoms with Crippen LogP contribution in [0.2, 0.25) is 10.0 Å². The van der Waals surface area contributed by atoms with Crippen molar-refractivity contribution in [1.82, 2.24) is 10.3 Å². The molecule has 5 heteroatoms. The molecule has 0 saturated carbocycles. The minimum absolute atomic E-state index is 0.132. The quantitative estimate of drug-likeness (QED) is 0.623. The van der Waals surface area contributed by atoms with Gasteiger partial charge in [-0.2, -0.15) is 0 Å². The third kappa shape index (κ3) is 3.94. The third-order valence-electron chi connectivity index (χ3n) is 3.66. The van der Waals surface area contributed by atoms with Gasteiger partial charge in [-0.25, -0.2) is 4.98 Å². The van der Waals surface area contributed by atoms with Crippen molar-refractivity contribution >= 4 is 40.0 Å². The van der Waals surface area contributed by atoms with E-state index in [1.165, 1.54) is 0 Å². The Morgan fingerprint density at radius 1 is 1.00 bits per heavy atom. The molecule has 0 atom stereocenters. The first kappa shape index (κ1) is 17.7. The number of hydrogen-bond acceptors (Lipinski definition) is 2. The molecule has 1 heterocycles. The van der Waals surface area contributed by atoms with Gasteiger partial charge in [-0.05, 0) is 45.0 Å². The summed E-state index contributed by atoms with van der Waals surface area (Å²) in [4.78, 5) is 17.5. The molecule has 0 fully saturated rings. The number of hydrogen-bond donors (Lipinski definition) is 1. The van der Waals surface area contributed by atoms with Crippen LogP contribution < -0.4 is 5.32 Å². The summed E-state index contributed by atoms with van der Waals surface area (Å²) in [6.07, 6.45) is 0. The number of rotatable bonds is 2. The highest BCUT2D eigenvalue weighted by atomic mass is 35.5. The van der Waals surface area contributed by atoms with Crippen LogP contribution in [0, 0.1) is 0 Å². The number of aromatic nitrogens is 1. The van der Waals surface area contributed by atoms with E-state index < -0.39 is 0 Å². The van der Waals surface area contributed by atoms with Crippen molar-refractivity contribution in [3.8, 4) is 11.3 Å². The number of carbonyl (C=O) groups excluding carboxylic acids is 1. The summed E-state index contributed by atoms with van der Waals surface area (Å²) in [5.74, 6) is -0.132. The maximum absolute atomic E-state index is 12.8. The molecule has 1 aromatic heterocycles. The van der Waals surface area contributed by atoms with Gasteiger partial charge in [0, 0.05) is 16.5 Å². The van der Waals surface area contributed by atoms with E-state index in [0.717, 1.165) is 16.5 Å². The van der Waals surface area contributed by atoms with Gasteiger partial charge >= 0.3 is 0 Å². The molecular weight excluding hydrogens is 355 g/mol. The van der Waals surface area contributed by atoms with Crippen LogP contribution in [0.5, 0.6) is 0 Å². The number of benzene rings is 2. The Bertz CT molecular complexity index is 962. The van der Waals surface area contributed by atoms with E-state index in [9.17, 15) is 4.79 Å². The van der Waals surface area contributed by atoms with Gasteiger partial charge < -0.3 is 5.32 Å². The van der Waals surface area contributed by atoms with Gasteiger partial charge in [0.1, 0.15) is 0 Å². The summed E-state index contributed by atoms with van der Waals surface area (Å²) in [6, 6.07) is 14.7. The molecule has 3 rings (SSSR count). The molecule has 0 radical (unpaired) electrons. The molecule has 3 aromatic rings. The van der Waals surface area contributed by atoms with Gasteiger partial charge in [-0.1, -0.05) is 47.5 Å². The average Bonchev–Trinajstić information content (AvgIpc) is 2.54. The Balaban J connectivity index is 2.18. The zero-order valence-corrected chi connectivity index (χ0v) is 15.7. The van der Waals surface area contributed by atoms with Gasteiger partial charge in [0.05, 0.1) is 26.8 Å². The summed E-state index contributed by atoms with van der Waals surface area (Å²) in [5, 5.41) is 4.76. The highest BCUT2D eigenvalue weighted by molar-refractivity contribution is 6.42. The number of carbonyl (C=O) groups is 1. The molecule has 3 nitrogen and oxygen atoms in total. The van der Waals surface area contributed by atoms with Crippen molar-refractivity contribution in [3.05, 3.63) is 64.1 Å². The molecule has 0 bridgehead atoms. The first-order chi connectivity index (χ1) is 11.7. The lowest BCUT2D eigenvalue weighted by atomic mass is 10.0. The van der Waals surface area contributed by atoms with Crippen LogP contribution in [0.25, 0.3) is 22.2 Å². The van der Waals surface area contributed by atoms with Crippen LogP contribution in [-0.2, 0) is 0 Å². The van der Waals surface area contributed by atoms with Gasteiger partial charge in [-0.15, -0.1) is 0 Å². The second-order valence-electron chi connectivity index (χ2n) is 6.91. The molecule has 25 heavy (non-hydrogen) atoms. The van der Waals surface area contributed by atoms with Crippen molar-refractivity contribution in [2.45, 2.75) is 26.3 Å². The van der Waals surface area contributed by atoms with Gasteiger partial charge in [0.2, 0.25) is 0 Å². The predicted molar refractivity (Wildman–Crippen MR) is 104 cm³/mol. The SMILES string of the molecule is CC(C)(C)NC(=O)c1cc(-c2ccc(Cl)c(Cl)c2)nc2ccccc12. The summed E-state index contributed by atoms with van der Waals surface area (Å²) >= 11 is 12.1. The first-order valence-electron chi connectivity index (χ1n) is 7.92. The predicted octanol–water partition coefficient (Wildman–Crippen LogP) is 5.74. The molecule has 0 saturated heterocycles. The lowest BCUT2D eigenvalue weighted by molar-refractivity contribution is 0.0921. The van der Waals surface area contributed by atoms with E-state index in [2.05, 4.69) is 10.3 Å². The van der Waals surface area contributed by atoms with Crippen LogP contribution >= 0.6 is 23.2 Å². The van der Waals surface area contributed by atoms with E-state index in [4.69, 9.17) is 23.2 Å². The Labute approximate surface area is 157 Å². The molecule has 0 aliphatic carbocycles. The monoisotopic (exact) mass is 372 g/mol. The van der Waals surface area contributed by atoms with Crippen LogP contribution in [0.4, 0.5) is 0 Å². The largest absolute Gasteiger partial charge is 0.347 e. The Morgan fingerprint density at radius 3 is 2.40 bits per heavy atom. The normalized spacial score (nSPS) is 11.6. The zero-order chi connectivity index (χ0) is 18.2. The zero-order valence-electron chi connectivity index (χ0n) is 14.2. The maximum Gasteiger partial charge on any atom is 0.252 e. The Morgan fingerprint density at radius 2 is 1.72 bits per heavy atom. The minimum Gasteiger partial charge on any atom is -0.347 e. The van der Waals surface area contributed by atoms with Gasteiger partial charge in [0.15, 0.2) is 0 Å². The third-order valence-corrected chi connectivity index (χ3v) is 4.40. The smallest absolute Gasteiger partial charge is 0.252 e. The van der Waals surface area contributed by atoms with Gasteiger partial charge in [-0.3, -0.25) is 4.79 Å². The number of pyridine rings is 1. The summed E-state index contributed by atoms with van der Waals surface area (Å²) < 4.78 is 0. The number of para-hydroxylation sites is 1. The van der Waals surface area contributed by atoms with Crippen LogP contribution in [0.1, 0.15) is 31.1 Å². The Kier molecular flexibility index (Phi) is 4.72. The fourth-order valence-electron chi connectivity index (χ4n) is 2.57. The van der Waals surface area contributed by atoms with E-state index in [1.54, 1.807) is 18.2 Å². The molecule has 0 unspecified atom stereocenters. The van der Waals surface area contributed by atoms with E-state index in [0.29, 0.717) is 21.3 Å². The summed E-state index contributed by atoms with van der Waals surface area (Å²) in [6.45, 7) is 5.86. The van der Waals surface area contributed by atoms with Crippen molar-refractivity contribution in [3.63, 3.8) is 0 Å². The molecule has 0 spiro atoms. The topological polar surface area (TPSA) is 42.0 Å². The number of fused-ring (bicyclic) bond motifs is 1. The average molecular weight is 373 g/mol. The van der Waals surface area contributed by atoms with Crippen LogP contribution in [0.3, 0.4) is 0 Å². The van der Waals surface area contributed by atoms with Crippen molar-refractivity contribution in [2.24, 2.45) is 0 Å². The van der Waals surface area contributed by atoms with Crippen LogP contribution in [0.15, 0.2) is 48.5 Å². The second kappa shape index (κ2) is 6.66. The standard InChI is InChI=1S/C20H18Cl2N2O/c1-20(2,3)24-19(25)14-11-18(12-8-9-15(21)16(22)10-12)23-17-7-5-4-6-13(14)17/h4-11H,1-3H3,(H,24,25). The fourth-order valence-corrected chi connectivity index (χ4v) is 2.87. The molecule has 128 valence electrons. The van der Waals surface area contributed by atoms with Crippen molar-refractivity contribution in [2.75, 3.05) is 0 Å². The second-order valence-corrected chi connectivity index (χ2v) is 7.72. The first-order valence-corrected chi connectivity index (χ1v) is 8.68. The molecule has 1 amide bonds. The van der Waals surface area contributed by atoms with E-state index in [1.807, 2.05) is 51.1 Å². The molecule has 2 aromatic carbocycles. The summed E-state index contributed by atoms with van der Waals surface area (Å²) in [5.41, 5.74) is 2.50. The number of nitrogens with one attached hydrogen (secondary N) is 1.